The van der Waals surface area contributed by atoms with Gasteiger partial charge in [0.1, 0.15) is 11.6 Å². The molecule has 1 fully saturated rings. The number of aliphatic imine (C=N–C) groups is 1. The summed E-state index contributed by atoms with van der Waals surface area (Å²) >= 11 is 0. The van der Waals surface area contributed by atoms with E-state index in [0.717, 1.165) is 36.7 Å². The van der Waals surface area contributed by atoms with E-state index in [4.69, 9.17) is 4.74 Å². The summed E-state index contributed by atoms with van der Waals surface area (Å²) in [6.45, 7) is 1.95. The molecule has 0 radical (unpaired) electrons. The van der Waals surface area contributed by atoms with Crippen LogP contribution >= 0.6 is 0 Å². The molecule has 0 saturated heterocycles. The lowest BCUT2D eigenvalue weighted by molar-refractivity contribution is 0.155. The van der Waals surface area contributed by atoms with Crippen LogP contribution in [0.1, 0.15) is 44.1 Å². The minimum absolute atomic E-state index is 0.408. The molecule has 3 nitrogen and oxygen atoms in total. The van der Waals surface area contributed by atoms with Crippen LogP contribution < -0.4 is 10.1 Å². The summed E-state index contributed by atoms with van der Waals surface area (Å²) < 4.78 is 6.10. The van der Waals surface area contributed by atoms with Crippen LogP contribution in [0.4, 0.5) is 0 Å². The number of ether oxygens (including phenoxy) is 1. The molecular formula is C16H22N2O. The maximum Gasteiger partial charge on any atom is 0.128 e. The standard InChI is InChI=1S/C16H22N2O/c1-2-7-14(8-3-1)19-15-9-4-6-13(12-15)16-17-10-5-11-18-16/h4,6,9,12,14H,1-3,5,7-8,10-11H2,(H,17,18). The van der Waals surface area contributed by atoms with E-state index in [1.807, 2.05) is 0 Å². The van der Waals surface area contributed by atoms with Gasteiger partial charge >= 0.3 is 0 Å². The summed E-state index contributed by atoms with van der Waals surface area (Å²) in [4.78, 5) is 4.54. The van der Waals surface area contributed by atoms with E-state index < -0.39 is 0 Å². The van der Waals surface area contributed by atoms with Crippen molar-refractivity contribution in [3.63, 3.8) is 0 Å². The van der Waals surface area contributed by atoms with Crippen LogP contribution in [0.5, 0.6) is 5.75 Å². The number of amidine groups is 1. The molecule has 1 aliphatic carbocycles. The zero-order valence-corrected chi connectivity index (χ0v) is 11.4. The lowest BCUT2D eigenvalue weighted by Crippen LogP contribution is -2.30. The van der Waals surface area contributed by atoms with Gasteiger partial charge in [-0.1, -0.05) is 18.6 Å². The van der Waals surface area contributed by atoms with Crippen molar-refractivity contribution in [2.45, 2.75) is 44.6 Å². The Morgan fingerprint density at radius 3 is 2.79 bits per heavy atom. The zero-order chi connectivity index (χ0) is 12.9. The SMILES string of the molecule is c1cc(OC2CCCCC2)cc(C2=NCCCN2)c1. The summed E-state index contributed by atoms with van der Waals surface area (Å²) in [5, 5.41) is 3.36. The predicted molar refractivity (Wildman–Crippen MR) is 78.0 cm³/mol. The normalized spacial score (nSPS) is 20.5. The van der Waals surface area contributed by atoms with Gasteiger partial charge in [0.15, 0.2) is 0 Å². The second-order valence-corrected chi connectivity index (χ2v) is 5.42. The van der Waals surface area contributed by atoms with Gasteiger partial charge in [0.2, 0.25) is 0 Å². The molecule has 2 aliphatic rings. The Kier molecular flexibility index (Phi) is 4.01. The Bertz CT molecular complexity index is 450. The monoisotopic (exact) mass is 258 g/mol. The minimum Gasteiger partial charge on any atom is -0.490 e. The molecule has 1 aromatic rings. The molecule has 1 aromatic carbocycles. The average Bonchev–Trinajstić information content (AvgIpc) is 2.49. The third-order valence-electron chi connectivity index (χ3n) is 3.86. The highest BCUT2D eigenvalue weighted by atomic mass is 16.5. The van der Waals surface area contributed by atoms with E-state index in [1.165, 1.54) is 32.1 Å². The van der Waals surface area contributed by atoms with E-state index in [0.29, 0.717) is 6.10 Å². The van der Waals surface area contributed by atoms with Crippen LogP contribution in [0.3, 0.4) is 0 Å². The molecule has 0 bridgehead atoms. The fraction of sp³-hybridized carbons (Fsp3) is 0.562. The Morgan fingerprint density at radius 2 is 2.00 bits per heavy atom. The largest absolute Gasteiger partial charge is 0.490 e. The van der Waals surface area contributed by atoms with E-state index >= 15 is 0 Å². The molecule has 0 unspecified atom stereocenters. The summed E-state index contributed by atoms with van der Waals surface area (Å²) in [5.74, 6) is 2.00. The van der Waals surface area contributed by atoms with Crippen LogP contribution in [0, 0.1) is 0 Å². The summed E-state index contributed by atoms with van der Waals surface area (Å²) in [7, 11) is 0. The summed E-state index contributed by atoms with van der Waals surface area (Å²) in [5.41, 5.74) is 1.15. The Morgan fingerprint density at radius 1 is 1.11 bits per heavy atom. The van der Waals surface area contributed by atoms with Crippen molar-refractivity contribution in [3.05, 3.63) is 29.8 Å². The number of nitrogens with one attached hydrogen (secondary N) is 1. The highest BCUT2D eigenvalue weighted by Gasteiger charge is 2.15. The first-order valence-electron chi connectivity index (χ1n) is 7.47. The molecule has 1 aliphatic heterocycles. The lowest BCUT2D eigenvalue weighted by atomic mass is 9.98. The van der Waals surface area contributed by atoms with E-state index in [9.17, 15) is 0 Å². The molecule has 3 heteroatoms. The molecule has 102 valence electrons. The number of hydrogen-bond donors (Lipinski definition) is 1. The molecular weight excluding hydrogens is 236 g/mol. The van der Waals surface area contributed by atoms with Crippen molar-refractivity contribution < 1.29 is 4.74 Å². The van der Waals surface area contributed by atoms with Gasteiger partial charge < -0.3 is 10.1 Å². The molecule has 0 amide bonds. The number of benzene rings is 1. The number of nitrogens with zero attached hydrogens (tertiary/aromatic N) is 1. The van der Waals surface area contributed by atoms with Gasteiger partial charge in [-0.25, -0.2) is 0 Å². The fourth-order valence-electron chi connectivity index (χ4n) is 2.82. The van der Waals surface area contributed by atoms with Crippen LogP contribution in [-0.4, -0.2) is 25.0 Å². The van der Waals surface area contributed by atoms with Crippen molar-refractivity contribution in [1.82, 2.24) is 5.32 Å². The molecule has 3 rings (SSSR count). The molecule has 1 N–H and O–H groups in total. The number of rotatable bonds is 3. The van der Waals surface area contributed by atoms with Crippen molar-refractivity contribution >= 4 is 5.84 Å². The van der Waals surface area contributed by atoms with Gasteiger partial charge in [-0.3, -0.25) is 4.99 Å². The van der Waals surface area contributed by atoms with Gasteiger partial charge in [0, 0.05) is 18.7 Å². The Labute approximate surface area is 115 Å². The lowest BCUT2D eigenvalue weighted by Gasteiger charge is -2.23. The van der Waals surface area contributed by atoms with E-state index in [1.54, 1.807) is 0 Å². The second kappa shape index (κ2) is 6.09. The third kappa shape index (κ3) is 3.28. The minimum atomic E-state index is 0.408. The van der Waals surface area contributed by atoms with Crippen molar-refractivity contribution in [2.24, 2.45) is 4.99 Å². The van der Waals surface area contributed by atoms with Gasteiger partial charge in [-0.15, -0.1) is 0 Å². The van der Waals surface area contributed by atoms with E-state index in [2.05, 4.69) is 34.6 Å². The molecule has 1 heterocycles. The fourth-order valence-corrected chi connectivity index (χ4v) is 2.82. The topological polar surface area (TPSA) is 33.6 Å². The first-order valence-corrected chi connectivity index (χ1v) is 7.47. The van der Waals surface area contributed by atoms with Crippen LogP contribution in [0.2, 0.25) is 0 Å². The van der Waals surface area contributed by atoms with Gasteiger partial charge in [-0.2, -0.15) is 0 Å². The summed E-state index contributed by atoms with van der Waals surface area (Å²) in [6, 6.07) is 8.34. The quantitative estimate of drug-likeness (QED) is 0.903. The first kappa shape index (κ1) is 12.5. The highest BCUT2D eigenvalue weighted by Crippen LogP contribution is 2.24. The molecule has 0 spiro atoms. The maximum atomic E-state index is 6.10. The van der Waals surface area contributed by atoms with Crippen LogP contribution in [0.25, 0.3) is 0 Å². The summed E-state index contributed by atoms with van der Waals surface area (Å²) in [6.07, 6.45) is 7.90. The van der Waals surface area contributed by atoms with E-state index in [-0.39, 0.29) is 0 Å². The Hall–Kier alpha value is -1.51. The molecule has 0 aromatic heterocycles. The van der Waals surface area contributed by atoms with Gasteiger partial charge in [0.05, 0.1) is 6.10 Å². The van der Waals surface area contributed by atoms with Gasteiger partial charge in [0.25, 0.3) is 0 Å². The van der Waals surface area contributed by atoms with Crippen LogP contribution in [0.15, 0.2) is 29.3 Å². The third-order valence-corrected chi connectivity index (χ3v) is 3.86. The molecule has 1 saturated carbocycles. The van der Waals surface area contributed by atoms with Crippen molar-refractivity contribution in [2.75, 3.05) is 13.1 Å². The predicted octanol–water partition coefficient (Wildman–Crippen LogP) is 3.14. The first-order chi connectivity index (χ1) is 9.42. The smallest absolute Gasteiger partial charge is 0.128 e. The van der Waals surface area contributed by atoms with Crippen molar-refractivity contribution in [1.29, 1.82) is 0 Å². The molecule has 0 atom stereocenters. The van der Waals surface area contributed by atoms with Crippen molar-refractivity contribution in [3.8, 4) is 5.75 Å². The number of hydrogen-bond acceptors (Lipinski definition) is 3. The average molecular weight is 258 g/mol. The second-order valence-electron chi connectivity index (χ2n) is 5.42. The van der Waals surface area contributed by atoms with Gasteiger partial charge in [-0.05, 0) is 44.2 Å². The zero-order valence-electron chi connectivity index (χ0n) is 11.4. The molecule has 19 heavy (non-hydrogen) atoms. The van der Waals surface area contributed by atoms with Crippen LogP contribution in [-0.2, 0) is 0 Å². The maximum absolute atomic E-state index is 6.10. The highest BCUT2D eigenvalue weighted by molar-refractivity contribution is 5.99. The Balaban J connectivity index is 1.70.